The molecule has 1 aliphatic heterocycles. The molecule has 0 aromatic carbocycles. The second-order valence-corrected chi connectivity index (χ2v) is 6.02. The summed E-state index contributed by atoms with van der Waals surface area (Å²) in [6.45, 7) is 7.11. The smallest absolute Gasteiger partial charge is 0.0331 e. The van der Waals surface area contributed by atoms with Crippen LogP contribution < -0.4 is 5.32 Å². The Morgan fingerprint density at radius 1 is 1.33 bits per heavy atom. The standard InChI is InChI=1S/C13H26N2/c1-11(2)8-12-9-15(3)13(10-14-12)6-4-5-7-13/h11-12,14H,4-10H2,1-3H3. The van der Waals surface area contributed by atoms with Gasteiger partial charge in [-0.25, -0.2) is 0 Å². The van der Waals surface area contributed by atoms with Gasteiger partial charge in [0, 0.05) is 24.7 Å². The third kappa shape index (κ3) is 2.36. The van der Waals surface area contributed by atoms with Gasteiger partial charge in [-0.05, 0) is 32.2 Å². The average molecular weight is 210 g/mol. The van der Waals surface area contributed by atoms with E-state index >= 15 is 0 Å². The molecule has 1 aliphatic carbocycles. The zero-order valence-electron chi connectivity index (χ0n) is 10.6. The first-order valence-electron chi connectivity index (χ1n) is 6.57. The van der Waals surface area contributed by atoms with E-state index in [4.69, 9.17) is 0 Å². The van der Waals surface area contributed by atoms with E-state index in [9.17, 15) is 0 Å². The van der Waals surface area contributed by atoms with Crippen LogP contribution in [0.1, 0.15) is 46.0 Å². The quantitative estimate of drug-likeness (QED) is 0.752. The fraction of sp³-hybridized carbons (Fsp3) is 1.00. The first-order chi connectivity index (χ1) is 7.12. The van der Waals surface area contributed by atoms with Gasteiger partial charge in [0.1, 0.15) is 0 Å². The zero-order valence-corrected chi connectivity index (χ0v) is 10.6. The maximum atomic E-state index is 3.77. The van der Waals surface area contributed by atoms with Gasteiger partial charge in [0.05, 0.1) is 0 Å². The summed E-state index contributed by atoms with van der Waals surface area (Å²) in [6, 6.07) is 0.723. The molecule has 1 N–H and O–H groups in total. The molecule has 1 unspecified atom stereocenters. The van der Waals surface area contributed by atoms with E-state index in [-0.39, 0.29) is 0 Å². The Kier molecular flexibility index (Phi) is 3.36. The number of nitrogens with zero attached hydrogens (tertiary/aromatic N) is 1. The SMILES string of the molecule is CC(C)CC1CN(C)C2(CCCC2)CN1. The molecule has 0 amide bonds. The van der Waals surface area contributed by atoms with Gasteiger partial charge in [-0.15, -0.1) is 0 Å². The van der Waals surface area contributed by atoms with Gasteiger partial charge >= 0.3 is 0 Å². The lowest BCUT2D eigenvalue weighted by Crippen LogP contribution is -2.62. The molecule has 2 nitrogen and oxygen atoms in total. The first kappa shape index (κ1) is 11.4. The Balaban J connectivity index is 1.91. The molecule has 15 heavy (non-hydrogen) atoms. The summed E-state index contributed by atoms with van der Waals surface area (Å²) >= 11 is 0. The van der Waals surface area contributed by atoms with Gasteiger partial charge < -0.3 is 5.32 Å². The Morgan fingerprint density at radius 3 is 2.53 bits per heavy atom. The minimum absolute atomic E-state index is 0.521. The Labute approximate surface area is 94.4 Å². The Hall–Kier alpha value is -0.0800. The first-order valence-corrected chi connectivity index (χ1v) is 6.57. The molecule has 1 spiro atoms. The van der Waals surface area contributed by atoms with Gasteiger partial charge in [0.25, 0.3) is 0 Å². The van der Waals surface area contributed by atoms with E-state index < -0.39 is 0 Å². The van der Waals surface area contributed by atoms with Gasteiger partial charge in [-0.3, -0.25) is 4.90 Å². The Bertz CT molecular complexity index is 207. The van der Waals surface area contributed by atoms with Crippen LogP contribution in [0, 0.1) is 5.92 Å². The van der Waals surface area contributed by atoms with E-state index in [0.717, 1.165) is 12.0 Å². The topological polar surface area (TPSA) is 15.3 Å². The lowest BCUT2D eigenvalue weighted by Gasteiger charge is -2.46. The van der Waals surface area contributed by atoms with Crippen LogP contribution in [-0.2, 0) is 0 Å². The lowest BCUT2D eigenvalue weighted by molar-refractivity contribution is 0.0639. The predicted octanol–water partition coefficient (Wildman–Crippen LogP) is 2.25. The highest BCUT2D eigenvalue weighted by Crippen LogP contribution is 2.36. The molecule has 0 radical (unpaired) electrons. The minimum atomic E-state index is 0.521. The highest BCUT2D eigenvalue weighted by atomic mass is 15.3. The molecule has 2 rings (SSSR count). The van der Waals surface area contributed by atoms with Gasteiger partial charge in [0.15, 0.2) is 0 Å². The summed E-state index contributed by atoms with van der Waals surface area (Å²) in [5.74, 6) is 0.813. The summed E-state index contributed by atoms with van der Waals surface area (Å²) < 4.78 is 0. The second kappa shape index (κ2) is 4.42. The van der Waals surface area contributed by atoms with Crippen molar-refractivity contribution in [2.24, 2.45) is 5.92 Å². The van der Waals surface area contributed by atoms with Crippen LogP contribution in [0.25, 0.3) is 0 Å². The van der Waals surface area contributed by atoms with Crippen molar-refractivity contribution >= 4 is 0 Å². The van der Waals surface area contributed by atoms with E-state index in [1.165, 1.54) is 45.2 Å². The van der Waals surface area contributed by atoms with Crippen molar-refractivity contribution in [3.63, 3.8) is 0 Å². The van der Waals surface area contributed by atoms with E-state index in [1.807, 2.05) is 0 Å². The summed E-state index contributed by atoms with van der Waals surface area (Å²) in [7, 11) is 2.33. The van der Waals surface area contributed by atoms with Crippen molar-refractivity contribution in [3.05, 3.63) is 0 Å². The van der Waals surface area contributed by atoms with Crippen LogP contribution in [0.2, 0.25) is 0 Å². The molecular formula is C13H26N2. The van der Waals surface area contributed by atoms with E-state index in [1.54, 1.807) is 0 Å². The summed E-state index contributed by atoms with van der Waals surface area (Å²) in [5, 5.41) is 3.77. The van der Waals surface area contributed by atoms with Gasteiger partial charge in [-0.2, -0.15) is 0 Å². The third-order valence-electron chi connectivity index (χ3n) is 4.31. The van der Waals surface area contributed by atoms with Crippen molar-refractivity contribution in [2.45, 2.75) is 57.5 Å². The van der Waals surface area contributed by atoms with E-state index in [2.05, 4.69) is 31.1 Å². The van der Waals surface area contributed by atoms with Crippen LogP contribution >= 0.6 is 0 Å². The number of nitrogens with one attached hydrogen (secondary N) is 1. The van der Waals surface area contributed by atoms with Crippen molar-refractivity contribution < 1.29 is 0 Å². The fourth-order valence-electron chi connectivity index (χ4n) is 3.38. The van der Waals surface area contributed by atoms with Crippen molar-refractivity contribution in [2.75, 3.05) is 20.1 Å². The molecule has 2 heteroatoms. The van der Waals surface area contributed by atoms with Crippen molar-refractivity contribution in [3.8, 4) is 0 Å². The molecule has 88 valence electrons. The predicted molar refractivity (Wildman–Crippen MR) is 65.1 cm³/mol. The summed E-state index contributed by atoms with van der Waals surface area (Å²) in [6.07, 6.45) is 7.00. The molecule has 2 aliphatic rings. The summed E-state index contributed by atoms with van der Waals surface area (Å²) in [5.41, 5.74) is 0.521. The maximum absolute atomic E-state index is 3.77. The average Bonchev–Trinajstić information content (AvgIpc) is 2.61. The third-order valence-corrected chi connectivity index (χ3v) is 4.31. The normalized spacial score (nSPS) is 31.6. The van der Waals surface area contributed by atoms with Crippen LogP contribution in [0.4, 0.5) is 0 Å². The number of piperazine rings is 1. The number of likely N-dealkylation sites (N-methyl/N-ethyl adjacent to an activating group) is 1. The summed E-state index contributed by atoms with van der Waals surface area (Å²) in [4.78, 5) is 2.64. The fourth-order valence-corrected chi connectivity index (χ4v) is 3.38. The van der Waals surface area contributed by atoms with Gasteiger partial charge in [0.2, 0.25) is 0 Å². The molecule has 0 bridgehead atoms. The van der Waals surface area contributed by atoms with Gasteiger partial charge in [-0.1, -0.05) is 26.7 Å². The van der Waals surface area contributed by atoms with Crippen LogP contribution in [0.15, 0.2) is 0 Å². The minimum Gasteiger partial charge on any atom is -0.311 e. The molecular weight excluding hydrogens is 184 g/mol. The largest absolute Gasteiger partial charge is 0.311 e. The number of hydrogen-bond acceptors (Lipinski definition) is 2. The molecule has 0 aromatic heterocycles. The highest BCUT2D eigenvalue weighted by Gasteiger charge is 2.41. The molecule has 0 aromatic rings. The highest BCUT2D eigenvalue weighted by molar-refractivity contribution is 5.00. The molecule has 1 atom stereocenters. The van der Waals surface area contributed by atoms with Crippen LogP contribution in [0.3, 0.4) is 0 Å². The second-order valence-electron chi connectivity index (χ2n) is 6.02. The maximum Gasteiger partial charge on any atom is 0.0331 e. The van der Waals surface area contributed by atoms with Crippen LogP contribution in [-0.4, -0.2) is 36.6 Å². The lowest BCUT2D eigenvalue weighted by atomic mass is 9.90. The number of hydrogen-bond donors (Lipinski definition) is 1. The molecule has 2 fully saturated rings. The Morgan fingerprint density at radius 2 is 2.00 bits per heavy atom. The zero-order chi connectivity index (χ0) is 10.9. The van der Waals surface area contributed by atoms with Crippen molar-refractivity contribution in [1.29, 1.82) is 0 Å². The van der Waals surface area contributed by atoms with Crippen LogP contribution in [0.5, 0.6) is 0 Å². The monoisotopic (exact) mass is 210 g/mol. The molecule has 1 saturated heterocycles. The van der Waals surface area contributed by atoms with E-state index in [0.29, 0.717) is 5.54 Å². The van der Waals surface area contributed by atoms with Crippen molar-refractivity contribution in [1.82, 2.24) is 10.2 Å². The molecule has 1 saturated carbocycles. The number of rotatable bonds is 2. The molecule has 1 heterocycles.